The predicted molar refractivity (Wildman–Crippen MR) is 118 cm³/mol. The van der Waals surface area contributed by atoms with Gasteiger partial charge in [-0.3, -0.25) is 0 Å². The molecule has 0 atom stereocenters. The second-order valence-electron chi connectivity index (χ2n) is 7.52. The zero-order valence-electron chi connectivity index (χ0n) is 16.7. The first kappa shape index (κ1) is 19.2. The van der Waals surface area contributed by atoms with Gasteiger partial charge in [0.1, 0.15) is 0 Å². The summed E-state index contributed by atoms with van der Waals surface area (Å²) in [7, 11) is 0. The summed E-state index contributed by atoms with van der Waals surface area (Å²) in [4.78, 5) is 0. The number of benzene rings is 2. The molecule has 1 aliphatic carbocycles. The molecule has 0 saturated heterocycles. The van der Waals surface area contributed by atoms with Crippen LogP contribution < -0.4 is 11.1 Å². The Kier molecular flexibility index (Phi) is 5.98. The largest absolute Gasteiger partial charge is 0.355 e. The van der Waals surface area contributed by atoms with E-state index >= 15 is 0 Å². The summed E-state index contributed by atoms with van der Waals surface area (Å²) in [5.74, 6) is 0. The first-order chi connectivity index (χ1) is 13.0. The highest BCUT2D eigenvalue weighted by Crippen LogP contribution is 2.33. The number of hydrogen-bond donors (Lipinski definition) is 2. The number of nitrogens with two attached hydrogens (primary N) is 1. The van der Waals surface area contributed by atoms with Crippen molar-refractivity contribution in [1.29, 1.82) is 0 Å². The highest BCUT2D eigenvalue weighted by molar-refractivity contribution is 5.70. The van der Waals surface area contributed by atoms with Gasteiger partial charge in [0.15, 0.2) is 0 Å². The van der Waals surface area contributed by atoms with Crippen molar-refractivity contribution in [3.63, 3.8) is 0 Å². The van der Waals surface area contributed by atoms with E-state index in [0.29, 0.717) is 6.54 Å². The van der Waals surface area contributed by atoms with E-state index in [2.05, 4.69) is 81.2 Å². The van der Waals surface area contributed by atoms with E-state index < -0.39 is 0 Å². The number of nitrogens with one attached hydrogen (secondary N) is 1. The summed E-state index contributed by atoms with van der Waals surface area (Å²) >= 11 is 0. The molecule has 140 valence electrons. The molecule has 2 nitrogen and oxygen atoms in total. The predicted octanol–water partition coefficient (Wildman–Crippen LogP) is 6.27. The van der Waals surface area contributed by atoms with Crippen molar-refractivity contribution in [2.75, 3.05) is 5.32 Å². The molecule has 2 heteroatoms. The molecular weight excluding hydrogens is 328 g/mol. The van der Waals surface area contributed by atoms with E-state index in [1.807, 2.05) is 0 Å². The Balaban J connectivity index is 1.99. The number of aryl methyl sites for hydroxylation is 2. The second kappa shape index (κ2) is 8.41. The monoisotopic (exact) mass is 358 g/mol. The molecule has 3 N–H and O–H groups in total. The van der Waals surface area contributed by atoms with Crippen molar-refractivity contribution in [3.05, 3.63) is 94.2 Å². The fourth-order valence-corrected chi connectivity index (χ4v) is 3.68. The van der Waals surface area contributed by atoms with E-state index in [0.717, 1.165) is 24.2 Å². The van der Waals surface area contributed by atoms with Gasteiger partial charge >= 0.3 is 0 Å². The Labute approximate surface area is 163 Å². The van der Waals surface area contributed by atoms with E-state index in [1.165, 1.54) is 45.4 Å². The molecule has 0 spiro atoms. The van der Waals surface area contributed by atoms with Crippen LogP contribution in [0.5, 0.6) is 0 Å². The third-order valence-corrected chi connectivity index (χ3v) is 5.33. The normalized spacial score (nSPS) is 16.6. The van der Waals surface area contributed by atoms with E-state index in [4.69, 9.17) is 5.73 Å². The molecule has 2 aromatic carbocycles. The minimum Gasteiger partial charge on any atom is -0.355 e. The third kappa shape index (κ3) is 4.58. The Morgan fingerprint density at radius 1 is 1.15 bits per heavy atom. The summed E-state index contributed by atoms with van der Waals surface area (Å²) in [6.45, 7) is 11.3. The summed E-state index contributed by atoms with van der Waals surface area (Å²) < 4.78 is 0. The molecule has 0 bridgehead atoms. The fourth-order valence-electron chi connectivity index (χ4n) is 3.68. The zero-order chi connectivity index (χ0) is 19.4. The van der Waals surface area contributed by atoms with Crippen molar-refractivity contribution in [2.45, 2.75) is 46.6 Å². The molecule has 2 aromatic rings. The molecule has 0 radical (unpaired) electrons. The van der Waals surface area contributed by atoms with Crippen LogP contribution in [0.1, 0.15) is 48.4 Å². The van der Waals surface area contributed by atoms with Crippen LogP contribution in [0.3, 0.4) is 0 Å². The molecule has 1 saturated carbocycles. The van der Waals surface area contributed by atoms with Gasteiger partial charge in [-0.1, -0.05) is 42.5 Å². The first-order valence-electron chi connectivity index (χ1n) is 9.71. The Morgan fingerprint density at radius 2 is 1.96 bits per heavy atom. The SMILES string of the molecule is C=C1CCC/C1=C(/C=C(\C)c1cccc(C)c1)Nc1ccc(CN)c(C)c1. The number of allylic oxidation sites excluding steroid dienone is 4. The average molecular weight is 359 g/mol. The zero-order valence-corrected chi connectivity index (χ0v) is 16.7. The lowest BCUT2D eigenvalue weighted by atomic mass is 10.0. The molecule has 1 aliphatic rings. The Hall–Kier alpha value is -2.58. The molecule has 0 amide bonds. The van der Waals surface area contributed by atoms with Crippen LogP contribution in [0.25, 0.3) is 5.57 Å². The molecule has 0 aromatic heterocycles. The van der Waals surface area contributed by atoms with Crippen LogP contribution in [0.4, 0.5) is 5.69 Å². The van der Waals surface area contributed by atoms with Gasteiger partial charge in [-0.05, 0) is 91.7 Å². The fraction of sp³-hybridized carbons (Fsp3) is 0.280. The lowest BCUT2D eigenvalue weighted by molar-refractivity contribution is 0.931. The van der Waals surface area contributed by atoms with Crippen LogP contribution in [0.2, 0.25) is 0 Å². The van der Waals surface area contributed by atoms with Crippen molar-refractivity contribution in [3.8, 4) is 0 Å². The van der Waals surface area contributed by atoms with Crippen LogP contribution in [0, 0.1) is 13.8 Å². The number of anilines is 1. The van der Waals surface area contributed by atoms with Crippen molar-refractivity contribution >= 4 is 11.3 Å². The maximum absolute atomic E-state index is 5.81. The Bertz CT molecular complexity index is 916. The molecule has 3 rings (SSSR count). The van der Waals surface area contributed by atoms with Crippen molar-refractivity contribution in [2.24, 2.45) is 5.73 Å². The van der Waals surface area contributed by atoms with Crippen LogP contribution in [-0.2, 0) is 6.54 Å². The first-order valence-corrected chi connectivity index (χ1v) is 9.71. The van der Waals surface area contributed by atoms with E-state index in [1.54, 1.807) is 0 Å². The summed E-state index contributed by atoms with van der Waals surface area (Å²) in [5, 5.41) is 3.66. The molecule has 1 fully saturated rings. The van der Waals surface area contributed by atoms with E-state index in [-0.39, 0.29) is 0 Å². The highest BCUT2D eigenvalue weighted by atomic mass is 14.9. The lowest BCUT2D eigenvalue weighted by Crippen LogP contribution is -2.04. The molecule has 27 heavy (non-hydrogen) atoms. The standard InChI is InChI=1S/C25H30N2/c1-17-7-5-9-21(13-17)20(4)15-25(24-10-6-8-18(24)2)27-23-12-11-22(16-26)19(3)14-23/h5,7,9,11-15,27H,2,6,8,10,16,26H2,1,3-4H3/b20-15+,25-24+. The third-order valence-electron chi connectivity index (χ3n) is 5.33. The maximum atomic E-state index is 5.81. The number of hydrogen-bond acceptors (Lipinski definition) is 2. The summed E-state index contributed by atoms with van der Waals surface area (Å²) in [5.41, 5.74) is 16.9. The minimum atomic E-state index is 0.573. The molecule has 0 heterocycles. The smallest absolute Gasteiger partial charge is 0.0422 e. The average Bonchev–Trinajstić information content (AvgIpc) is 3.07. The van der Waals surface area contributed by atoms with Crippen LogP contribution in [-0.4, -0.2) is 0 Å². The summed E-state index contributed by atoms with van der Waals surface area (Å²) in [6.07, 6.45) is 5.62. The minimum absolute atomic E-state index is 0.573. The molecule has 0 aliphatic heterocycles. The van der Waals surface area contributed by atoms with Gasteiger partial charge in [-0.15, -0.1) is 0 Å². The molecule has 0 unspecified atom stereocenters. The Morgan fingerprint density at radius 3 is 2.59 bits per heavy atom. The van der Waals surface area contributed by atoms with Crippen molar-refractivity contribution in [1.82, 2.24) is 0 Å². The van der Waals surface area contributed by atoms with Gasteiger partial charge in [0, 0.05) is 17.9 Å². The quantitative estimate of drug-likeness (QED) is 0.661. The van der Waals surface area contributed by atoms with Gasteiger partial charge in [-0.2, -0.15) is 0 Å². The van der Waals surface area contributed by atoms with Gasteiger partial charge < -0.3 is 11.1 Å². The molecular formula is C25H30N2. The maximum Gasteiger partial charge on any atom is 0.0422 e. The highest BCUT2D eigenvalue weighted by Gasteiger charge is 2.16. The lowest BCUT2D eigenvalue weighted by Gasteiger charge is -2.15. The number of rotatable bonds is 5. The van der Waals surface area contributed by atoms with E-state index in [9.17, 15) is 0 Å². The van der Waals surface area contributed by atoms with Gasteiger partial charge in [-0.25, -0.2) is 0 Å². The van der Waals surface area contributed by atoms with Crippen LogP contribution >= 0.6 is 0 Å². The van der Waals surface area contributed by atoms with Crippen LogP contribution in [0.15, 0.2) is 72.0 Å². The van der Waals surface area contributed by atoms with Gasteiger partial charge in [0.05, 0.1) is 0 Å². The summed E-state index contributed by atoms with van der Waals surface area (Å²) in [6, 6.07) is 15.1. The second-order valence-corrected chi connectivity index (χ2v) is 7.52. The van der Waals surface area contributed by atoms with Crippen molar-refractivity contribution < 1.29 is 0 Å². The topological polar surface area (TPSA) is 38.0 Å². The van der Waals surface area contributed by atoms with Gasteiger partial charge in [0.2, 0.25) is 0 Å². The van der Waals surface area contributed by atoms with Gasteiger partial charge in [0.25, 0.3) is 0 Å².